The Morgan fingerprint density at radius 3 is 2.57 bits per heavy atom. The number of ether oxygens (including phenoxy) is 1. The summed E-state index contributed by atoms with van der Waals surface area (Å²) >= 11 is 0. The molecule has 0 aliphatic carbocycles. The van der Waals surface area contributed by atoms with E-state index >= 15 is 0 Å². The third kappa shape index (κ3) is 3.18. The molecule has 1 N–H and O–H groups in total. The number of halogens is 3. The summed E-state index contributed by atoms with van der Waals surface area (Å²) in [5.74, 6) is -0.273. The molecule has 0 saturated heterocycles. The lowest BCUT2D eigenvalue weighted by Crippen LogP contribution is -2.11. The smallest absolute Gasteiger partial charge is 0.387 e. The molecule has 21 heavy (non-hydrogen) atoms. The molecule has 1 aromatic heterocycles. The van der Waals surface area contributed by atoms with Gasteiger partial charge in [-0.25, -0.2) is 4.39 Å². The highest BCUT2D eigenvalue weighted by atomic mass is 19.3. The van der Waals surface area contributed by atoms with Crippen LogP contribution in [0, 0.1) is 0 Å². The third-order valence-electron chi connectivity index (χ3n) is 2.84. The summed E-state index contributed by atoms with van der Waals surface area (Å²) < 4.78 is 48.2. The Bertz CT molecular complexity index is 620. The number of hydrogen-bond acceptors (Lipinski definition) is 4. The van der Waals surface area contributed by atoms with Crippen molar-refractivity contribution in [3.63, 3.8) is 0 Å². The molecule has 0 radical (unpaired) electrons. The first-order valence-corrected chi connectivity index (χ1v) is 6.17. The fourth-order valence-electron chi connectivity index (χ4n) is 2.00. The monoisotopic (exact) mass is 301 g/mol. The lowest BCUT2D eigenvalue weighted by Gasteiger charge is -2.12. The zero-order chi connectivity index (χ0) is 15.6. The molecule has 0 amide bonds. The van der Waals surface area contributed by atoms with Crippen LogP contribution in [-0.2, 0) is 12.3 Å². The molecule has 114 valence electrons. The first kappa shape index (κ1) is 15.4. The van der Waals surface area contributed by atoms with Crippen molar-refractivity contribution in [2.75, 3.05) is 0 Å². The maximum atomic E-state index is 14.0. The number of para-hydroxylation sites is 1. The summed E-state index contributed by atoms with van der Waals surface area (Å²) in [5.41, 5.74) is -1.48. The van der Waals surface area contributed by atoms with Crippen LogP contribution in [0.15, 0.2) is 28.8 Å². The summed E-state index contributed by atoms with van der Waals surface area (Å²) in [6.45, 7) is -1.05. The number of aromatic nitrogens is 1. The van der Waals surface area contributed by atoms with Crippen LogP contribution in [0.3, 0.4) is 0 Å². The Morgan fingerprint density at radius 1 is 1.33 bits per heavy atom. The average molecular weight is 301 g/mol. The molecule has 4 nitrogen and oxygen atoms in total. The van der Waals surface area contributed by atoms with Gasteiger partial charge in [-0.05, 0) is 26.0 Å². The minimum atomic E-state index is -3.01. The number of hydrogen-bond donors (Lipinski definition) is 1. The predicted molar refractivity (Wildman–Crippen MR) is 68.6 cm³/mol. The first-order valence-electron chi connectivity index (χ1n) is 6.17. The van der Waals surface area contributed by atoms with Crippen LogP contribution in [-0.4, -0.2) is 16.9 Å². The highest BCUT2D eigenvalue weighted by Crippen LogP contribution is 2.37. The Balaban J connectivity index is 2.55. The van der Waals surface area contributed by atoms with Crippen molar-refractivity contribution in [2.24, 2.45) is 0 Å². The van der Waals surface area contributed by atoms with Gasteiger partial charge in [-0.15, -0.1) is 0 Å². The van der Waals surface area contributed by atoms with Crippen molar-refractivity contribution in [1.29, 1.82) is 0 Å². The van der Waals surface area contributed by atoms with Crippen molar-refractivity contribution in [1.82, 2.24) is 5.16 Å². The van der Waals surface area contributed by atoms with Crippen LogP contribution in [0.5, 0.6) is 5.75 Å². The molecule has 2 aromatic rings. The van der Waals surface area contributed by atoms with Crippen LogP contribution >= 0.6 is 0 Å². The molecule has 0 spiro atoms. The van der Waals surface area contributed by atoms with Crippen molar-refractivity contribution in [3.8, 4) is 17.0 Å². The van der Waals surface area contributed by atoms with E-state index in [9.17, 15) is 18.3 Å². The molecule has 0 unspecified atom stereocenters. The van der Waals surface area contributed by atoms with E-state index in [1.165, 1.54) is 32.0 Å². The number of benzene rings is 1. The van der Waals surface area contributed by atoms with E-state index in [4.69, 9.17) is 4.52 Å². The second-order valence-corrected chi connectivity index (χ2v) is 4.84. The quantitative estimate of drug-likeness (QED) is 0.916. The van der Waals surface area contributed by atoms with Crippen LogP contribution < -0.4 is 4.74 Å². The Labute approximate surface area is 119 Å². The summed E-state index contributed by atoms with van der Waals surface area (Å²) in [5, 5.41) is 13.1. The molecule has 0 saturated carbocycles. The van der Waals surface area contributed by atoms with Crippen LogP contribution in [0.1, 0.15) is 25.2 Å². The van der Waals surface area contributed by atoms with Gasteiger partial charge in [0.2, 0.25) is 0 Å². The Hall–Kier alpha value is -2.02. The highest BCUT2D eigenvalue weighted by molar-refractivity contribution is 5.70. The Morgan fingerprint density at radius 2 is 2.00 bits per heavy atom. The summed E-state index contributed by atoms with van der Waals surface area (Å²) in [4.78, 5) is 0. The van der Waals surface area contributed by atoms with E-state index in [2.05, 4.69) is 9.89 Å². The van der Waals surface area contributed by atoms with Gasteiger partial charge in [0, 0.05) is 5.56 Å². The zero-order valence-electron chi connectivity index (χ0n) is 11.4. The number of nitrogens with zero attached hydrogens (tertiary/aromatic N) is 1. The second-order valence-electron chi connectivity index (χ2n) is 4.84. The molecule has 2 rings (SSSR count). The third-order valence-corrected chi connectivity index (χ3v) is 2.84. The summed E-state index contributed by atoms with van der Waals surface area (Å²) in [6.07, 6.45) is 0. The SMILES string of the molecule is CC(C)(F)c1onc(-c2ccccc2OC(F)F)c1CO. The van der Waals surface area contributed by atoms with E-state index in [1.54, 1.807) is 6.07 Å². The van der Waals surface area contributed by atoms with Gasteiger partial charge in [0.15, 0.2) is 11.4 Å². The van der Waals surface area contributed by atoms with Gasteiger partial charge in [-0.1, -0.05) is 17.3 Å². The van der Waals surface area contributed by atoms with Crippen molar-refractivity contribution < 1.29 is 27.5 Å². The van der Waals surface area contributed by atoms with Crippen LogP contribution in [0.4, 0.5) is 13.2 Å². The largest absolute Gasteiger partial charge is 0.434 e. The van der Waals surface area contributed by atoms with Crippen LogP contribution in [0.25, 0.3) is 11.3 Å². The maximum absolute atomic E-state index is 14.0. The van der Waals surface area contributed by atoms with Gasteiger partial charge in [0.1, 0.15) is 11.4 Å². The normalized spacial score (nSPS) is 12.0. The van der Waals surface area contributed by atoms with Crippen molar-refractivity contribution >= 4 is 0 Å². The van der Waals surface area contributed by atoms with E-state index in [0.29, 0.717) is 0 Å². The lowest BCUT2D eigenvalue weighted by molar-refractivity contribution is -0.0494. The minimum Gasteiger partial charge on any atom is -0.434 e. The van der Waals surface area contributed by atoms with Gasteiger partial charge in [-0.2, -0.15) is 8.78 Å². The van der Waals surface area contributed by atoms with E-state index < -0.39 is 18.9 Å². The van der Waals surface area contributed by atoms with Gasteiger partial charge in [-0.3, -0.25) is 0 Å². The molecule has 1 aromatic carbocycles. The molecule has 0 aliphatic rings. The van der Waals surface area contributed by atoms with Gasteiger partial charge in [0.05, 0.1) is 12.2 Å². The number of alkyl halides is 3. The molecule has 0 fully saturated rings. The zero-order valence-corrected chi connectivity index (χ0v) is 11.4. The minimum absolute atomic E-state index is 0.0782. The molecule has 0 bridgehead atoms. The number of aliphatic hydroxyl groups is 1. The molecular weight excluding hydrogens is 287 g/mol. The molecule has 0 aliphatic heterocycles. The van der Waals surface area contributed by atoms with E-state index in [-0.39, 0.29) is 28.3 Å². The molecule has 7 heteroatoms. The molecule has 1 heterocycles. The first-order chi connectivity index (χ1) is 9.84. The van der Waals surface area contributed by atoms with Crippen LogP contribution in [0.2, 0.25) is 0 Å². The van der Waals surface area contributed by atoms with Gasteiger partial charge < -0.3 is 14.4 Å². The van der Waals surface area contributed by atoms with Gasteiger partial charge >= 0.3 is 6.61 Å². The van der Waals surface area contributed by atoms with Gasteiger partial charge in [0.25, 0.3) is 0 Å². The maximum Gasteiger partial charge on any atom is 0.387 e. The summed E-state index contributed by atoms with van der Waals surface area (Å²) in [7, 11) is 0. The number of rotatable bonds is 5. The number of aliphatic hydroxyl groups excluding tert-OH is 1. The van der Waals surface area contributed by atoms with Crippen molar-refractivity contribution in [3.05, 3.63) is 35.6 Å². The fraction of sp³-hybridized carbons (Fsp3) is 0.357. The van der Waals surface area contributed by atoms with E-state index in [1.807, 2.05) is 0 Å². The lowest BCUT2D eigenvalue weighted by atomic mass is 9.99. The average Bonchev–Trinajstić information content (AvgIpc) is 2.82. The Kier molecular flexibility index (Phi) is 4.22. The van der Waals surface area contributed by atoms with Crippen molar-refractivity contribution in [2.45, 2.75) is 32.7 Å². The fourth-order valence-corrected chi connectivity index (χ4v) is 2.00. The van der Waals surface area contributed by atoms with E-state index in [0.717, 1.165) is 0 Å². The standard InChI is InChI=1S/C14H14F3NO3/c1-14(2,17)12-9(7-19)11(18-21-12)8-5-3-4-6-10(8)20-13(15)16/h3-6,13,19H,7H2,1-2H3. The summed E-state index contributed by atoms with van der Waals surface area (Å²) in [6, 6.07) is 5.91. The molecule has 0 atom stereocenters. The predicted octanol–water partition coefficient (Wildman–Crippen LogP) is 3.64. The second kappa shape index (κ2) is 5.77. The molecular formula is C14H14F3NO3. The topological polar surface area (TPSA) is 55.5 Å². The highest BCUT2D eigenvalue weighted by Gasteiger charge is 2.31.